The van der Waals surface area contributed by atoms with E-state index in [1.807, 2.05) is 60.7 Å². The molecule has 2 nitrogen and oxygen atoms in total. The van der Waals surface area contributed by atoms with E-state index in [2.05, 4.69) is 11.9 Å². The molecule has 0 heterocycles. The van der Waals surface area contributed by atoms with Gasteiger partial charge in [-0.15, -0.1) is 6.58 Å². The van der Waals surface area contributed by atoms with E-state index in [1.165, 1.54) is 0 Å². The van der Waals surface area contributed by atoms with Gasteiger partial charge in [-0.1, -0.05) is 36.4 Å². The van der Waals surface area contributed by atoms with Crippen molar-refractivity contribution in [3.8, 4) is 5.75 Å². The maximum absolute atomic E-state index is 5.15. The molecule has 0 aliphatic rings. The van der Waals surface area contributed by atoms with Crippen LogP contribution >= 0.6 is 0 Å². The smallest absolute Gasteiger partial charge is 0.118 e. The molecule has 0 fully saturated rings. The van der Waals surface area contributed by atoms with E-state index in [4.69, 9.17) is 4.74 Å². The molecule has 0 unspecified atom stereocenters. The molecule has 2 rings (SSSR count). The van der Waals surface area contributed by atoms with Crippen LogP contribution < -0.4 is 10.1 Å². The molecule has 0 aromatic heterocycles. The lowest BCUT2D eigenvalue weighted by Crippen LogP contribution is -2.07. The summed E-state index contributed by atoms with van der Waals surface area (Å²) in [5, 5.41) is 3.42. The topological polar surface area (TPSA) is 21.3 Å². The second-order valence-corrected chi connectivity index (χ2v) is 4.00. The van der Waals surface area contributed by atoms with Gasteiger partial charge >= 0.3 is 0 Å². The predicted molar refractivity (Wildman–Crippen MR) is 76.0 cm³/mol. The highest BCUT2D eigenvalue weighted by atomic mass is 16.5. The Bertz CT molecular complexity index is 490. The standard InChI is InChI=1S/C16H17NO/c1-3-16(17-14-7-5-4-6-8-14)13-9-11-15(18-2)12-10-13/h3-12,16-17H,1H2,2H3/t16-/m0/s1. The van der Waals surface area contributed by atoms with E-state index in [-0.39, 0.29) is 6.04 Å². The molecule has 2 aromatic rings. The van der Waals surface area contributed by atoms with Crippen molar-refractivity contribution in [2.75, 3.05) is 12.4 Å². The first-order chi connectivity index (χ1) is 8.83. The first-order valence-electron chi connectivity index (χ1n) is 5.91. The van der Waals surface area contributed by atoms with Crippen LogP contribution in [0.25, 0.3) is 0 Å². The van der Waals surface area contributed by atoms with Crippen LogP contribution in [0.3, 0.4) is 0 Å². The number of nitrogens with one attached hydrogen (secondary N) is 1. The van der Waals surface area contributed by atoms with Crippen LogP contribution in [0.1, 0.15) is 11.6 Å². The number of benzene rings is 2. The molecular weight excluding hydrogens is 222 g/mol. The molecule has 2 heteroatoms. The van der Waals surface area contributed by atoms with E-state index < -0.39 is 0 Å². The molecule has 0 aliphatic carbocycles. The van der Waals surface area contributed by atoms with Crippen molar-refractivity contribution < 1.29 is 4.74 Å². The van der Waals surface area contributed by atoms with E-state index >= 15 is 0 Å². The lowest BCUT2D eigenvalue weighted by Gasteiger charge is -2.16. The Kier molecular flexibility index (Phi) is 4.02. The third-order valence-corrected chi connectivity index (χ3v) is 2.81. The second-order valence-electron chi connectivity index (χ2n) is 4.00. The van der Waals surface area contributed by atoms with Gasteiger partial charge in [-0.3, -0.25) is 0 Å². The van der Waals surface area contributed by atoms with Gasteiger partial charge in [0.25, 0.3) is 0 Å². The van der Waals surface area contributed by atoms with Crippen LogP contribution in [-0.4, -0.2) is 7.11 Å². The highest BCUT2D eigenvalue weighted by Crippen LogP contribution is 2.22. The van der Waals surface area contributed by atoms with Crippen LogP contribution in [0.2, 0.25) is 0 Å². The quantitative estimate of drug-likeness (QED) is 0.795. The van der Waals surface area contributed by atoms with Gasteiger partial charge in [0.1, 0.15) is 5.75 Å². The first-order valence-corrected chi connectivity index (χ1v) is 5.91. The van der Waals surface area contributed by atoms with Crippen molar-refractivity contribution in [3.05, 3.63) is 72.8 Å². The fourth-order valence-corrected chi connectivity index (χ4v) is 1.80. The van der Waals surface area contributed by atoms with Crippen molar-refractivity contribution in [1.29, 1.82) is 0 Å². The van der Waals surface area contributed by atoms with Gasteiger partial charge in [0.2, 0.25) is 0 Å². The highest BCUT2D eigenvalue weighted by molar-refractivity contribution is 5.47. The van der Waals surface area contributed by atoms with E-state index in [9.17, 15) is 0 Å². The molecule has 0 spiro atoms. The van der Waals surface area contributed by atoms with Crippen molar-refractivity contribution in [2.45, 2.75) is 6.04 Å². The van der Waals surface area contributed by atoms with Crippen molar-refractivity contribution >= 4 is 5.69 Å². The zero-order chi connectivity index (χ0) is 12.8. The van der Waals surface area contributed by atoms with Gasteiger partial charge in [-0.2, -0.15) is 0 Å². The summed E-state index contributed by atoms with van der Waals surface area (Å²) in [6, 6.07) is 18.2. The molecule has 1 atom stereocenters. The van der Waals surface area contributed by atoms with Gasteiger partial charge in [-0.25, -0.2) is 0 Å². The third kappa shape index (κ3) is 2.92. The maximum Gasteiger partial charge on any atom is 0.118 e. The fraction of sp³-hybridized carbons (Fsp3) is 0.125. The Labute approximate surface area is 108 Å². The third-order valence-electron chi connectivity index (χ3n) is 2.81. The van der Waals surface area contributed by atoms with Gasteiger partial charge in [-0.05, 0) is 29.8 Å². The van der Waals surface area contributed by atoms with Crippen LogP contribution in [-0.2, 0) is 0 Å². The summed E-state index contributed by atoms with van der Waals surface area (Å²) >= 11 is 0. The average Bonchev–Trinajstić information content (AvgIpc) is 2.46. The minimum absolute atomic E-state index is 0.0957. The summed E-state index contributed by atoms with van der Waals surface area (Å²) in [4.78, 5) is 0. The lowest BCUT2D eigenvalue weighted by atomic mass is 10.1. The Morgan fingerprint density at radius 2 is 1.72 bits per heavy atom. The predicted octanol–water partition coefficient (Wildman–Crippen LogP) is 4.03. The molecular formula is C16H17NO. The summed E-state index contributed by atoms with van der Waals surface area (Å²) in [5.41, 5.74) is 2.24. The summed E-state index contributed by atoms with van der Waals surface area (Å²) in [6.07, 6.45) is 1.90. The zero-order valence-corrected chi connectivity index (χ0v) is 10.5. The largest absolute Gasteiger partial charge is 0.497 e. The fourth-order valence-electron chi connectivity index (χ4n) is 1.80. The van der Waals surface area contributed by atoms with E-state index in [1.54, 1.807) is 7.11 Å². The number of para-hydroxylation sites is 1. The summed E-state index contributed by atoms with van der Waals surface area (Å²) in [7, 11) is 1.67. The molecule has 0 radical (unpaired) electrons. The number of hydrogen-bond donors (Lipinski definition) is 1. The van der Waals surface area contributed by atoms with Crippen molar-refractivity contribution in [2.24, 2.45) is 0 Å². The monoisotopic (exact) mass is 239 g/mol. The Hall–Kier alpha value is -2.22. The Balaban J connectivity index is 2.15. The van der Waals surface area contributed by atoms with Crippen molar-refractivity contribution in [3.63, 3.8) is 0 Å². The Morgan fingerprint density at radius 1 is 1.06 bits per heavy atom. The highest BCUT2D eigenvalue weighted by Gasteiger charge is 2.06. The first kappa shape index (κ1) is 12.2. The summed E-state index contributed by atoms with van der Waals surface area (Å²) < 4.78 is 5.15. The van der Waals surface area contributed by atoms with Crippen LogP contribution in [0.5, 0.6) is 5.75 Å². The zero-order valence-electron chi connectivity index (χ0n) is 10.5. The molecule has 1 N–H and O–H groups in total. The van der Waals surface area contributed by atoms with Gasteiger partial charge in [0, 0.05) is 5.69 Å². The number of hydrogen-bond acceptors (Lipinski definition) is 2. The number of rotatable bonds is 5. The molecule has 0 saturated carbocycles. The normalized spacial score (nSPS) is 11.6. The van der Waals surface area contributed by atoms with Crippen molar-refractivity contribution in [1.82, 2.24) is 0 Å². The Morgan fingerprint density at radius 3 is 2.28 bits per heavy atom. The molecule has 0 amide bonds. The minimum atomic E-state index is 0.0957. The average molecular weight is 239 g/mol. The molecule has 2 aromatic carbocycles. The second kappa shape index (κ2) is 5.92. The molecule has 18 heavy (non-hydrogen) atoms. The van der Waals surface area contributed by atoms with Crippen LogP contribution in [0.4, 0.5) is 5.69 Å². The molecule has 92 valence electrons. The number of ether oxygens (including phenoxy) is 1. The lowest BCUT2D eigenvalue weighted by molar-refractivity contribution is 0.414. The SMILES string of the molecule is C=C[C@H](Nc1ccccc1)c1ccc(OC)cc1. The molecule has 0 saturated heterocycles. The summed E-state index contributed by atoms with van der Waals surface area (Å²) in [6.45, 7) is 3.88. The van der Waals surface area contributed by atoms with Crippen LogP contribution in [0.15, 0.2) is 67.3 Å². The van der Waals surface area contributed by atoms with Crippen LogP contribution in [0, 0.1) is 0 Å². The van der Waals surface area contributed by atoms with E-state index in [0.29, 0.717) is 0 Å². The van der Waals surface area contributed by atoms with Gasteiger partial charge in [0.05, 0.1) is 13.2 Å². The van der Waals surface area contributed by atoms with Gasteiger partial charge < -0.3 is 10.1 Å². The number of methoxy groups -OCH3 is 1. The summed E-state index contributed by atoms with van der Waals surface area (Å²) in [5.74, 6) is 0.862. The number of anilines is 1. The maximum atomic E-state index is 5.15. The van der Waals surface area contributed by atoms with E-state index in [0.717, 1.165) is 17.0 Å². The minimum Gasteiger partial charge on any atom is -0.497 e. The van der Waals surface area contributed by atoms with Gasteiger partial charge in [0.15, 0.2) is 0 Å². The molecule has 0 aliphatic heterocycles. The molecule has 0 bridgehead atoms.